The summed E-state index contributed by atoms with van der Waals surface area (Å²) in [5.74, 6) is 1.18. The summed E-state index contributed by atoms with van der Waals surface area (Å²) >= 11 is 0. The quantitative estimate of drug-likeness (QED) is 0.352. The van der Waals surface area contributed by atoms with E-state index in [-0.39, 0.29) is 0 Å². The number of unbranched alkanes of at least 4 members (excludes halogenated alkanes) is 2. The van der Waals surface area contributed by atoms with E-state index in [0.717, 1.165) is 13.1 Å². The number of hydrogen-bond acceptors (Lipinski definition) is 1. The zero-order valence-electron chi connectivity index (χ0n) is 9.64. The van der Waals surface area contributed by atoms with Crippen molar-refractivity contribution in [2.45, 2.75) is 46.5 Å². The summed E-state index contributed by atoms with van der Waals surface area (Å²) in [5, 5.41) is 0. The molecule has 0 saturated heterocycles. The Hall–Kier alpha value is -0.530. The Kier molecular flexibility index (Phi) is 7.76. The Morgan fingerprint density at radius 3 is 2.31 bits per heavy atom. The highest BCUT2D eigenvalue weighted by atomic mass is 15.1. The molecule has 0 heterocycles. The Labute approximate surface area is 83.0 Å². The van der Waals surface area contributed by atoms with Crippen LogP contribution in [0, 0.1) is 0 Å². The van der Waals surface area contributed by atoms with Crippen LogP contribution in [-0.2, 0) is 0 Å². The van der Waals surface area contributed by atoms with Crippen molar-refractivity contribution in [1.82, 2.24) is 4.90 Å². The van der Waals surface area contributed by atoms with Gasteiger partial charge in [-0.1, -0.05) is 26.7 Å². The monoisotopic (exact) mass is 184 g/mol. The molecule has 0 aromatic heterocycles. The molecule has 0 saturated carbocycles. The van der Waals surface area contributed by atoms with E-state index < -0.39 is 0 Å². The second-order valence-corrected chi connectivity index (χ2v) is 3.56. The summed E-state index contributed by atoms with van der Waals surface area (Å²) in [4.78, 5) is 6.76. The zero-order valence-corrected chi connectivity index (χ0v) is 9.64. The van der Waals surface area contributed by atoms with Gasteiger partial charge >= 0.3 is 0 Å². The number of hydrogen-bond donors (Lipinski definition) is 0. The molecule has 0 amide bonds. The van der Waals surface area contributed by atoms with Crippen molar-refractivity contribution in [2.75, 3.05) is 20.1 Å². The highest BCUT2D eigenvalue weighted by Crippen LogP contribution is 1.95. The highest BCUT2D eigenvalue weighted by molar-refractivity contribution is 5.79. The number of amidine groups is 1. The maximum atomic E-state index is 4.51. The summed E-state index contributed by atoms with van der Waals surface area (Å²) in [5.41, 5.74) is 0. The largest absolute Gasteiger partial charge is 0.364 e. The minimum atomic E-state index is 0.985. The molecule has 13 heavy (non-hydrogen) atoms. The number of rotatable bonds is 6. The molecule has 2 heteroatoms. The minimum absolute atomic E-state index is 0.985. The van der Waals surface area contributed by atoms with Crippen molar-refractivity contribution < 1.29 is 0 Å². The van der Waals surface area contributed by atoms with Crippen LogP contribution in [0.5, 0.6) is 0 Å². The molecule has 0 spiro atoms. The van der Waals surface area contributed by atoms with Crippen molar-refractivity contribution in [2.24, 2.45) is 4.99 Å². The maximum Gasteiger partial charge on any atom is 0.0954 e. The standard InChI is InChI=1S/C11H24N2/c1-5-7-9-12-11(3)13(4)10-8-6-2/h5-10H2,1-4H3. The third-order valence-corrected chi connectivity index (χ3v) is 2.25. The fourth-order valence-corrected chi connectivity index (χ4v) is 1.08. The van der Waals surface area contributed by atoms with E-state index >= 15 is 0 Å². The number of nitrogens with zero attached hydrogens (tertiary/aromatic N) is 2. The molecule has 2 nitrogen and oxygen atoms in total. The van der Waals surface area contributed by atoms with E-state index in [2.05, 4.69) is 37.7 Å². The lowest BCUT2D eigenvalue weighted by Crippen LogP contribution is -2.25. The van der Waals surface area contributed by atoms with Crippen LogP contribution in [0.15, 0.2) is 4.99 Å². The minimum Gasteiger partial charge on any atom is -0.364 e. The van der Waals surface area contributed by atoms with Crippen molar-refractivity contribution >= 4 is 5.84 Å². The van der Waals surface area contributed by atoms with Gasteiger partial charge in [0.1, 0.15) is 0 Å². The van der Waals surface area contributed by atoms with Gasteiger partial charge in [-0.15, -0.1) is 0 Å². The molecular formula is C11H24N2. The average Bonchev–Trinajstić information content (AvgIpc) is 2.14. The summed E-state index contributed by atoms with van der Waals surface area (Å²) < 4.78 is 0. The van der Waals surface area contributed by atoms with E-state index in [9.17, 15) is 0 Å². The van der Waals surface area contributed by atoms with Gasteiger partial charge in [0.2, 0.25) is 0 Å². The molecule has 0 unspecified atom stereocenters. The van der Waals surface area contributed by atoms with Gasteiger partial charge in [0.05, 0.1) is 5.84 Å². The molecule has 0 aliphatic carbocycles. The summed E-state index contributed by atoms with van der Waals surface area (Å²) in [6.07, 6.45) is 4.96. The Morgan fingerprint density at radius 1 is 1.15 bits per heavy atom. The predicted octanol–water partition coefficient (Wildman–Crippen LogP) is 2.94. The summed E-state index contributed by atoms with van der Waals surface area (Å²) in [7, 11) is 2.13. The first-order valence-electron chi connectivity index (χ1n) is 5.44. The Bertz CT molecular complexity index is 141. The SMILES string of the molecule is CCCCN=C(C)N(C)CCCC. The molecule has 0 radical (unpaired) electrons. The second kappa shape index (κ2) is 8.09. The van der Waals surface area contributed by atoms with Crippen LogP contribution in [0.25, 0.3) is 0 Å². The van der Waals surface area contributed by atoms with Crippen LogP contribution in [-0.4, -0.2) is 30.9 Å². The van der Waals surface area contributed by atoms with Crippen LogP contribution < -0.4 is 0 Å². The van der Waals surface area contributed by atoms with E-state index in [1.54, 1.807) is 0 Å². The van der Waals surface area contributed by atoms with Gasteiger partial charge in [0.25, 0.3) is 0 Å². The van der Waals surface area contributed by atoms with Gasteiger partial charge in [-0.05, 0) is 19.8 Å². The Balaban J connectivity index is 3.65. The molecule has 0 aliphatic heterocycles. The van der Waals surface area contributed by atoms with E-state index in [1.807, 2.05) is 0 Å². The third kappa shape index (κ3) is 6.62. The first kappa shape index (κ1) is 12.5. The van der Waals surface area contributed by atoms with E-state index in [1.165, 1.54) is 31.5 Å². The maximum absolute atomic E-state index is 4.51. The summed E-state index contributed by atoms with van der Waals surface area (Å²) in [6.45, 7) is 8.64. The molecule has 0 aromatic rings. The van der Waals surface area contributed by atoms with Gasteiger partial charge in [-0.2, -0.15) is 0 Å². The van der Waals surface area contributed by atoms with Crippen LogP contribution in [0.2, 0.25) is 0 Å². The van der Waals surface area contributed by atoms with Crippen molar-refractivity contribution in [3.05, 3.63) is 0 Å². The van der Waals surface area contributed by atoms with Crippen molar-refractivity contribution in [3.8, 4) is 0 Å². The normalized spacial score (nSPS) is 11.8. The molecule has 0 aromatic carbocycles. The lowest BCUT2D eigenvalue weighted by atomic mass is 10.3. The topological polar surface area (TPSA) is 15.6 Å². The molecule has 0 N–H and O–H groups in total. The zero-order chi connectivity index (χ0) is 10.1. The fraction of sp³-hybridized carbons (Fsp3) is 0.909. The van der Waals surface area contributed by atoms with Crippen LogP contribution in [0.3, 0.4) is 0 Å². The lowest BCUT2D eigenvalue weighted by Gasteiger charge is -2.18. The second-order valence-electron chi connectivity index (χ2n) is 3.56. The fourth-order valence-electron chi connectivity index (χ4n) is 1.08. The molecule has 0 fully saturated rings. The van der Waals surface area contributed by atoms with E-state index in [0.29, 0.717) is 0 Å². The highest BCUT2D eigenvalue weighted by Gasteiger charge is 1.97. The van der Waals surface area contributed by atoms with E-state index in [4.69, 9.17) is 0 Å². The van der Waals surface area contributed by atoms with Gasteiger partial charge in [0, 0.05) is 20.1 Å². The molecule has 0 rings (SSSR count). The third-order valence-electron chi connectivity index (χ3n) is 2.25. The average molecular weight is 184 g/mol. The van der Waals surface area contributed by atoms with Crippen LogP contribution in [0.4, 0.5) is 0 Å². The molecule has 0 aliphatic rings. The lowest BCUT2D eigenvalue weighted by molar-refractivity contribution is 0.479. The molecule has 0 atom stereocenters. The molecular weight excluding hydrogens is 160 g/mol. The summed E-state index contributed by atoms with van der Waals surface area (Å²) in [6, 6.07) is 0. The molecule has 78 valence electrons. The van der Waals surface area contributed by atoms with Crippen molar-refractivity contribution in [3.63, 3.8) is 0 Å². The molecule has 0 bridgehead atoms. The predicted molar refractivity (Wildman–Crippen MR) is 60.4 cm³/mol. The number of aliphatic imine (C=N–C) groups is 1. The van der Waals surface area contributed by atoms with Gasteiger partial charge in [0.15, 0.2) is 0 Å². The van der Waals surface area contributed by atoms with Crippen LogP contribution >= 0.6 is 0 Å². The van der Waals surface area contributed by atoms with Crippen molar-refractivity contribution in [1.29, 1.82) is 0 Å². The van der Waals surface area contributed by atoms with Gasteiger partial charge in [-0.25, -0.2) is 0 Å². The smallest absolute Gasteiger partial charge is 0.0954 e. The first-order valence-corrected chi connectivity index (χ1v) is 5.44. The van der Waals surface area contributed by atoms with Gasteiger partial charge in [-0.3, -0.25) is 4.99 Å². The Morgan fingerprint density at radius 2 is 1.77 bits per heavy atom. The van der Waals surface area contributed by atoms with Gasteiger partial charge < -0.3 is 4.90 Å². The van der Waals surface area contributed by atoms with Crippen LogP contribution in [0.1, 0.15) is 46.5 Å². The first-order chi connectivity index (χ1) is 6.22.